The van der Waals surface area contributed by atoms with Gasteiger partial charge in [-0.05, 0) is 38.8 Å². The predicted octanol–water partition coefficient (Wildman–Crippen LogP) is -0.112. The summed E-state index contributed by atoms with van der Waals surface area (Å²) in [4.78, 5) is 11.6. The maximum atomic E-state index is 11.6. The molecule has 1 heterocycles. The average Bonchev–Trinajstić information content (AvgIpc) is 2.36. The number of carbonyl (C=O) groups is 1. The van der Waals surface area contributed by atoms with E-state index in [-0.39, 0.29) is 37.2 Å². The molecule has 5 nitrogen and oxygen atoms in total. The summed E-state index contributed by atoms with van der Waals surface area (Å²) in [5.41, 5.74) is 0. The SMILES string of the molecule is CC(CO)C(C)NC(=O)COC1CCNCC1. The van der Waals surface area contributed by atoms with Gasteiger partial charge in [0.2, 0.25) is 5.91 Å². The molecule has 0 saturated carbocycles. The quantitative estimate of drug-likeness (QED) is 0.609. The second-order valence-corrected chi connectivity index (χ2v) is 4.78. The lowest BCUT2D eigenvalue weighted by atomic mass is 10.1. The van der Waals surface area contributed by atoms with Crippen LogP contribution in [0.5, 0.6) is 0 Å². The van der Waals surface area contributed by atoms with Gasteiger partial charge in [0.25, 0.3) is 0 Å². The molecule has 0 aromatic carbocycles. The molecule has 100 valence electrons. The van der Waals surface area contributed by atoms with E-state index in [1.807, 2.05) is 13.8 Å². The Balaban J connectivity index is 2.15. The van der Waals surface area contributed by atoms with Gasteiger partial charge in [-0.1, -0.05) is 6.92 Å². The number of piperidine rings is 1. The van der Waals surface area contributed by atoms with Gasteiger partial charge in [-0.15, -0.1) is 0 Å². The van der Waals surface area contributed by atoms with E-state index in [0.717, 1.165) is 25.9 Å². The molecule has 1 aliphatic rings. The summed E-state index contributed by atoms with van der Waals surface area (Å²) in [6, 6.07) is -0.0240. The molecule has 1 saturated heterocycles. The summed E-state index contributed by atoms with van der Waals surface area (Å²) in [6.07, 6.45) is 2.14. The molecule has 17 heavy (non-hydrogen) atoms. The second kappa shape index (κ2) is 7.63. The summed E-state index contributed by atoms with van der Waals surface area (Å²) < 4.78 is 5.54. The maximum Gasteiger partial charge on any atom is 0.246 e. The minimum atomic E-state index is -0.101. The molecule has 2 unspecified atom stereocenters. The van der Waals surface area contributed by atoms with Gasteiger partial charge in [-0.25, -0.2) is 0 Å². The van der Waals surface area contributed by atoms with Crippen molar-refractivity contribution in [2.45, 2.75) is 38.8 Å². The monoisotopic (exact) mass is 244 g/mol. The molecular weight excluding hydrogens is 220 g/mol. The molecule has 0 aromatic heterocycles. The summed E-state index contributed by atoms with van der Waals surface area (Å²) in [7, 11) is 0. The van der Waals surface area contributed by atoms with Crippen LogP contribution in [0.2, 0.25) is 0 Å². The number of rotatable bonds is 6. The van der Waals surface area contributed by atoms with Crippen molar-refractivity contribution < 1.29 is 14.6 Å². The van der Waals surface area contributed by atoms with Gasteiger partial charge in [0.15, 0.2) is 0 Å². The van der Waals surface area contributed by atoms with Crippen molar-refractivity contribution in [3.63, 3.8) is 0 Å². The fraction of sp³-hybridized carbons (Fsp3) is 0.917. The average molecular weight is 244 g/mol. The number of aliphatic hydroxyl groups is 1. The van der Waals surface area contributed by atoms with E-state index in [0.29, 0.717) is 0 Å². The van der Waals surface area contributed by atoms with E-state index in [1.54, 1.807) is 0 Å². The Labute approximate surface area is 103 Å². The first-order valence-corrected chi connectivity index (χ1v) is 6.36. The molecule has 5 heteroatoms. The van der Waals surface area contributed by atoms with Crippen molar-refractivity contribution in [3.8, 4) is 0 Å². The van der Waals surface area contributed by atoms with Crippen molar-refractivity contribution in [1.82, 2.24) is 10.6 Å². The number of hydrogen-bond acceptors (Lipinski definition) is 4. The molecule has 0 aliphatic carbocycles. The molecular formula is C12H24N2O3. The standard InChI is InChI=1S/C12H24N2O3/c1-9(7-15)10(2)14-12(16)8-17-11-3-5-13-6-4-11/h9-11,13,15H,3-8H2,1-2H3,(H,14,16). The van der Waals surface area contributed by atoms with Gasteiger partial charge in [-0.2, -0.15) is 0 Å². The van der Waals surface area contributed by atoms with Crippen LogP contribution in [0.15, 0.2) is 0 Å². The lowest BCUT2D eigenvalue weighted by Crippen LogP contribution is -2.41. The number of ether oxygens (including phenoxy) is 1. The highest BCUT2D eigenvalue weighted by molar-refractivity contribution is 5.77. The van der Waals surface area contributed by atoms with Gasteiger partial charge < -0.3 is 20.5 Å². The third-order valence-electron chi connectivity index (χ3n) is 3.27. The van der Waals surface area contributed by atoms with E-state index >= 15 is 0 Å². The Morgan fingerprint density at radius 3 is 2.71 bits per heavy atom. The molecule has 1 fully saturated rings. The highest BCUT2D eigenvalue weighted by Crippen LogP contribution is 2.07. The Morgan fingerprint density at radius 1 is 1.47 bits per heavy atom. The first kappa shape index (κ1) is 14.4. The van der Waals surface area contributed by atoms with E-state index in [4.69, 9.17) is 9.84 Å². The van der Waals surface area contributed by atoms with Crippen molar-refractivity contribution in [3.05, 3.63) is 0 Å². The van der Waals surface area contributed by atoms with Crippen LogP contribution in [0.25, 0.3) is 0 Å². The topological polar surface area (TPSA) is 70.6 Å². The largest absolute Gasteiger partial charge is 0.396 e. The summed E-state index contributed by atoms with van der Waals surface area (Å²) in [5.74, 6) is -0.0332. The van der Waals surface area contributed by atoms with Crippen molar-refractivity contribution >= 4 is 5.91 Å². The Kier molecular flexibility index (Phi) is 6.47. The molecule has 0 spiro atoms. The predicted molar refractivity (Wildman–Crippen MR) is 65.7 cm³/mol. The fourth-order valence-electron chi connectivity index (χ4n) is 1.75. The Hall–Kier alpha value is -0.650. The molecule has 0 bridgehead atoms. The summed E-state index contributed by atoms with van der Waals surface area (Å²) in [6.45, 7) is 5.92. The molecule has 1 aliphatic heterocycles. The number of carbonyl (C=O) groups excluding carboxylic acids is 1. The Morgan fingerprint density at radius 2 is 2.12 bits per heavy atom. The van der Waals surface area contributed by atoms with Gasteiger partial charge >= 0.3 is 0 Å². The van der Waals surface area contributed by atoms with Gasteiger partial charge in [0.1, 0.15) is 6.61 Å². The molecule has 3 N–H and O–H groups in total. The number of amides is 1. The lowest BCUT2D eigenvalue weighted by molar-refractivity contribution is -0.129. The molecule has 2 atom stereocenters. The number of hydrogen-bond donors (Lipinski definition) is 3. The van der Waals surface area contributed by atoms with Crippen molar-refractivity contribution in [2.24, 2.45) is 5.92 Å². The van der Waals surface area contributed by atoms with E-state index in [9.17, 15) is 4.79 Å². The molecule has 0 radical (unpaired) electrons. The zero-order valence-corrected chi connectivity index (χ0v) is 10.7. The molecule has 1 amide bonds. The number of nitrogens with one attached hydrogen (secondary N) is 2. The zero-order valence-electron chi connectivity index (χ0n) is 10.7. The third kappa shape index (κ3) is 5.48. The summed E-state index contributed by atoms with van der Waals surface area (Å²) >= 11 is 0. The van der Waals surface area contributed by atoms with Crippen molar-refractivity contribution in [1.29, 1.82) is 0 Å². The van der Waals surface area contributed by atoms with E-state index in [1.165, 1.54) is 0 Å². The van der Waals surface area contributed by atoms with Crippen LogP contribution in [-0.4, -0.2) is 49.5 Å². The normalized spacial score (nSPS) is 20.9. The van der Waals surface area contributed by atoms with Crippen LogP contribution in [0.1, 0.15) is 26.7 Å². The van der Waals surface area contributed by atoms with Crippen LogP contribution < -0.4 is 10.6 Å². The molecule has 1 rings (SSSR count). The lowest BCUT2D eigenvalue weighted by Gasteiger charge is -2.24. The van der Waals surface area contributed by atoms with Crippen molar-refractivity contribution in [2.75, 3.05) is 26.3 Å². The highest BCUT2D eigenvalue weighted by atomic mass is 16.5. The Bertz CT molecular complexity index is 230. The molecule has 0 aromatic rings. The first-order chi connectivity index (χ1) is 8.13. The smallest absolute Gasteiger partial charge is 0.246 e. The van der Waals surface area contributed by atoms with Gasteiger partial charge in [0.05, 0.1) is 6.10 Å². The van der Waals surface area contributed by atoms with Crippen LogP contribution >= 0.6 is 0 Å². The van der Waals surface area contributed by atoms with Gasteiger partial charge in [-0.3, -0.25) is 4.79 Å². The first-order valence-electron chi connectivity index (χ1n) is 6.36. The maximum absolute atomic E-state index is 11.6. The third-order valence-corrected chi connectivity index (χ3v) is 3.27. The highest BCUT2D eigenvalue weighted by Gasteiger charge is 2.17. The van der Waals surface area contributed by atoms with E-state index < -0.39 is 0 Å². The zero-order chi connectivity index (χ0) is 12.7. The second-order valence-electron chi connectivity index (χ2n) is 4.78. The minimum Gasteiger partial charge on any atom is -0.396 e. The summed E-state index contributed by atoms with van der Waals surface area (Å²) in [5, 5.41) is 15.0. The van der Waals surface area contributed by atoms with Crippen LogP contribution in [0, 0.1) is 5.92 Å². The van der Waals surface area contributed by atoms with Gasteiger partial charge in [0, 0.05) is 12.6 Å². The van der Waals surface area contributed by atoms with Crippen LogP contribution in [0.4, 0.5) is 0 Å². The minimum absolute atomic E-state index is 0.0240. The van der Waals surface area contributed by atoms with Crippen LogP contribution in [0.3, 0.4) is 0 Å². The fourth-order valence-corrected chi connectivity index (χ4v) is 1.75. The van der Waals surface area contributed by atoms with Crippen LogP contribution in [-0.2, 0) is 9.53 Å². The van der Waals surface area contributed by atoms with E-state index in [2.05, 4.69) is 10.6 Å². The number of aliphatic hydroxyl groups excluding tert-OH is 1.